The predicted molar refractivity (Wildman–Crippen MR) is 201 cm³/mol. The minimum Gasteiger partial charge on any atom is -0.305 e. The van der Waals surface area contributed by atoms with E-state index in [4.69, 9.17) is 4.98 Å². The molecule has 1 radical (unpaired) electrons. The molecule has 47 heavy (non-hydrogen) atoms. The first-order valence-corrected chi connectivity index (χ1v) is 20.2. The molecule has 0 aliphatic rings. The molecule has 0 saturated heterocycles. The number of hydrogen-bond donors (Lipinski definition) is 0. The Labute approximate surface area is 298 Å². The minimum absolute atomic E-state index is 0. The minimum atomic E-state index is -1.23. The van der Waals surface area contributed by atoms with E-state index in [9.17, 15) is 0 Å². The van der Waals surface area contributed by atoms with Crippen molar-refractivity contribution in [2.75, 3.05) is 0 Å². The summed E-state index contributed by atoms with van der Waals surface area (Å²) in [6, 6.07) is 44.8. The number of fused-ring (bicyclic) bond motifs is 3. The molecular weight excluding hydrogens is 785 g/mol. The van der Waals surface area contributed by atoms with E-state index in [-0.39, 0.29) is 25.5 Å². The zero-order valence-electron chi connectivity index (χ0n) is 27.9. The van der Waals surface area contributed by atoms with Crippen LogP contribution in [-0.2, 0) is 26.5 Å². The summed E-state index contributed by atoms with van der Waals surface area (Å²) >= 11 is 1.84. The van der Waals surface area contributed by atoms with Crippen LogP contribution in [0, 0.1) is 17.5 Å². The molecule has 0 aliphatic heterocycles. The average molecular weight is 825 g/mol. The van der Waals surface area contributed by atoms with Gasteiger partial charge < -0.3 is 9.97 Å². The van der Waals surface area contributed by atoms with E-state index in [0.29, 0.717) is 0 Å². The van der Waals surface area contributed by atoms with Crippen molar-refractivity contribution in [3.8, 4) is 33.6 Å². The summed E-state index contributed by atoms with van der Waals surface area (Å²) in [6.07, 6.45) is 4.98. The van der Waals surface area contributed by atoms with Crippen LogP contribution in [0.2, 0.25) is 19.6 Å². The van der Waals surface area contributed by atoms with Crippen molar-refractivity contribution >= 4 is 44.8 Å². The molecule has 0 N–H and O–H groups in total. The second-order valence-corrected chi connectivity index (χ2v) is 20.1. The third-order valence-electron chi connectivity index (χ3n) is 7.97. The second-order valence-electron chi connectivity index (χ2n) is 14.0. The van der Waals surface area contributed by atoms with Gasteiger partial charge in [0.2, 0.25) is 0 Å². The van der Waals surface area contributed by atoms with Gasteiger partial charge in [0, 0.05) is 37.2 Å². The van der Waals surface area contributed by atoms with Gasteiger partial charge in [0.25, 0.3) is 0 Å². The number of aromatic nitrogens is 2. The number of nitrogens with zero attached hydrogens (tertiary/aromatic N) is 2. The molecule has 3 heterocycles. The molecule has 3 aromatic heterocycles. The van der Waals surface area contributed by atoms with Crippen LogP contribution < -0.4 is 5.19 Å². The van der Waals surface area contributed by atoms with Gasteiger partial charge in [-0.1, -0.05) is 112 Å². The fourth-order valence-electron chi connectivity index (χ4n) is 5.72. The maximum Gasteiger partial charge on any atom is 0.0795 e. The quantitative estimate of drug-likeness (QED) is 0.128. The van der Waals surface area contributed by atoms with Crippen molar-refractivity contribution < 1.29 is 20.1 Å². The molecule has 239 valence electrons. The van der Waals surface area contributed by atoms with Crippen LogP contribution >= 0.6 is 11.3 Å². The monoisotopic (exact) mass is 825 g/mol. The van der Waals surface area contributed by atoms with Crippen LogP contribution in [0.25, 0.3) is 53.8 Å². The molecule has 5 heteroatoms. The van der Waals surface area contributed by atoms with E-state index >= 15 is 0 Å². The average Bonchev–Trinajstić information content (AvgIpc) is 3.44. The molecule has 0 fully saturated rings. The number of thiophene rings is 1. The van der Waals surface area contributed by atoms with Gasteiger partial charge in [0.1, 0.15) is 0 Å². The normalized spacial score (nSPS) is 11.5. The summed E-state index contributed by atoms with van der Waals surface area (Å²) in [5.74, 6) is 0. The van der Waals surface area contributed by atoms with E-state index in [1.165, 1.54) is 42.0 Å². The van der Waals surface area contributed by atoms with Crippen LogP contribution in [-0.4, -0.2) is 18.0 Å². The van der Waals surface area contributed by atoms with Crippen LogP contribution in [0.4, 0.5) is 0 Å². The first-order valence-electron chi connectivity index (χ1n) is 15.9. The van der Waals surface area contributed by atoms with Crippen LogP contribution in [0.5, 0.6) is 0 Å². The molecule has 0 atom stereocenters. The fourth-order valence-corrected chi connectivity index (χ4v) is 7.99. The SMILES string of the molecule is CC(C)(C)Cc1ccnc(-c2[c-]ccc3c2sc2cccc(-c4ccccc4)c23)c1.C[Si](C)(C)c1ccc(-c2[c-]cccc2)nc1.[Ir]. The summed E-state index contributed by atoms with van der Waals surface area (Å²) in [6.45, 7) is 13.8. The Morgan fingerprint density at radius 3 is 2.21 bits per heavy atom. The Hall–Kier alpha value is -3.73. The van der Waals surface area contributed by atoms with Gasteiger partial charge in [-0.2, -0.15) is 11.3 Å². The molecule has 7 rings (SSSR count). The molecule has 0 aliphatic carbocycles. The van der Waals surface area contributed by atoms with Gasteiger partial charge in [0.05, 0.1) is 8.07 Å². The van der Waals surface area contributed by atoms with E-state index in [0.717, 1.165) is 28.9 Å². The van der Waals surface area contributed by atoms with Gasteiger partial charge in [0.15, 0.2) is 0 Å². The zero-order chi connectivity index (χ0) is 32.3. The van der Waals surface area contributed by atoms with Crippen molar-refractivity contribution in [1.29, 1.82) is 0 Å². The molecule has 0 unspecified atom stereocenters. The Kier molecular flexibility index (Phi) is 10.7. The van der Waals surface area contributed by atoms with Gasteiger partial charge in [-0.15, -0.1) is 59.7 Å². The Bertz CT molecular complexity index is 2070. The van der Waals surface area contributed by atoms with Crippen molar-refractivity contribution in [2.24, 2.45) is 5.41 Å². The predicted octanol–water partition coefficient (Wildman–Crippen LogP) is 11.3. The fraction of sp³-hybridized carbons (Fsp3) is 0.190. The van der Waals surface area contributed by atoms with Crippen molar-refractivity contribution in [2.45, 2.75) is 46.8 Å². The largest absolute Gasteiger partial charge is 0.305 e. The molecule has 7 aromatic rings. The Morgan fingerprint density at radius 1 is 0.745 bits per heavy atom. The van der Waals surface area contributed by atoms with Crippen LogP contribution in [0.1, 0.15) is 26.3 Å². The van der Waals surface area contributed by atoms with E-state index < -0.39 is 8.07 Å². The van der Waals surface area contributed by atoms with Crippen molar-refractivity contribution in [1.82, 2.24) is 9.97 Å². The standard InChI is InChI=1S/C28H24NS.C14H16NSi.Ir/c1-28(2,3)18-19-15-16-29-24(17-19)22-12-7-13-23-26-21(20-9-5-4-6-10-20)11-8-14-25(26)30-27(22)23;1-16(2,3)13-9-10-14(15-11-13)12-7-5-4-6-8-12;/h4-11,13-17H,18H2,1-3H3;4-7,9-11H,1-3H3;/q2*-1;. The maximum atomic E-state index is 4.72. The third-order valence-corrected chi connectivity index (χ3v) is 11.2. The van der Waals surface area contributed by atoms with Gasteiger partial charge in [-0.05, 0) is 61.8 Å². The first-order chi connectivity index (χ1) is 22.1. The van der Waals surface area contributed by atoms with E-state index in [2.05, 4.69) is 136 Å². The Morgan fingerprint density at radius 2 is 1.53 bits per heavy atom. The number of benzene rings is 4. The summed E-state index contributed by atoms with van der Waals surface area (Å²) < 4.78 is 2.56. The Balaban J connectivity index is 0.000000217. The van der Waals surface area contributed by atoms with Crippen LogP contribution in [0.15, 0.2) is 122 Å². The van der Waals surface area contributed by atoms with Gasteiger partial charge >= 0.3 is 0 Å². The van der Waals surface area contributed by atoms with E-state index in [1.807, 2.05) is 54.1 Å². The molecule has 0 spiro atoms. The number of rotatable bonds is 5. The number of hydrogen-bond acceptors (Lipinski definition) is 3. The summed E-state index contributed by atoms with van der Waals surface area (Å²) in [5.41, 5.74) is 8.28. The molecule has 2 nitrogen and oxygen atoms in total. The molecule has 0 amide bonds. The molecular formula is C42H40IrN2SSi-2. The molecule has 4 aromatic carbocycles. The molecule has 0 saturated carbocycles. The zero-order valence-corrected chi connectivity index (χ0v) is 32.1. The molecule has 0 bridgehead atoms. The summed E-state index contributed by atoms with van der Waals surface area (Å²) in [4.78, 5) is 9.23. The summed E-state index contributed by atoms with van der Waals surface area (Å²) in [5, 5.41) is 4.00. The second kappa shape index (κ2) is 14.6. The van der Waals surface area contributed by atoms with E-state index in [1.54, 1.807) is 0 Å². The van der Waals surface area contributed by atoms with Crippen LogP contribution in [0.3, 0.4) is 0 Å². The van der Waals surface area contributed by atoms with Crippen molar-refractivity contribution in [3.05, 3.63) is 139 Å². The first kappa shape index (κ1) is 34.6. The van der Waals surface area contributed by atoms with Crippen molar-refractivity contribution in [3.63, 3.8) is 0 Å². The number of pyridine rings is 2. The van der Waals surface area contributed by atoms with Gasteiger partial charge in [-0.3, -0.25) is 0 Å². The summed E-state index contributed by atoms with van der Waals surface area (Å²) in [7, 11) is -1.23. The maximum absolute atomic E-state index is 4.72. The smallest absolute Gasteiger partial charge is 0.0795 e. The third kappa shape index (κ3) is 8.23. The topological polar surface area (TPSA) is 25.8 Å². The van der Waals surface area contributed by atoms with Gasteiger partial charge in [-0.25, -0.2) is 0 Å².